The molecule has 1 rings (SSSR count). The minimum Gasteiger partial charge on any atom is -0.302 e. The van der Waals surface area contributed by atoms with Gasteiger partial charge < -0.3 is 4.79 Å². The van der Waals surface area contributed by atoms with Crippen LogP contribution in [0.2, 0.25) is 0 Å². The maximum atomic E-state index is 10.2. The van der Waals surface area contributed by atoms with E-state index in [4.69, 9.17) is 0 Å². The highest BCUT2D eigenvalue weighted by atomic mass is 79.9. The van der Waals surface area contributed by atoms with Crippen molar-refractivity contribution in [3.63, 3.8) is 0 Å². The van der Waals surface area contributed by atoms with E-state index in [0.29, 0.717) is 6.54 Å². The van der Waals surface area contributed by atoms with Crippen molar-refractivity contribution in [3.05, 3.63) is 0 Å². The number of aldehydes is 1. The minimum absolute atomic E-state index is 0.620. The molecule has 0 atom stereocenters. The van der Waals surface area contributed by atoms with Crippen molar-refractivity contribution in [2.24, 2.45) is 5.92 Å². The number of likely N-dealkylation sites (tertiary alicyclic amines) is 1. The highest BCUT2D eigenvalue weighted by Crippen LogP contribution is 2.18. The molecule has 0 aromatic carbocycles. The minimum atomic E-state index is 0.620. The third kappa shape index (κ3) is 2.91. The SMILES string of the molecule is O=CCN1CCC(CBr)CC1. The fraction of sp³-hybridized carbons (Fsp3) is 0.875. The van der Waals surface area contributed by atoms with Crippen LogP contribution in [0.4, 0.5) is 0 Å². The lowest BCUT2D eigenvalue weighted by Gasteiger charge is -2.29. The van der Waals surface area contributed by atoms with Crippen LogP contribution in [0.1, 0.15) is 12.8 Å². The number of piperidine rings is 1. The van der Waals surface area contributed by atoms with Crippen LogP contribution in [0.25, 0.3) is 0 Å². The van der Waals surface area contributed by atoms with Gasteiger partial charge in [0.25, 0.3) is 0 Å². The van der Waals surface area contributed by atoms with Crippen LogP contribution >= 0.6 is 15.9 Å². The first-order valence-electron chi connectivity index (χ1n) is 4.08. The van der Waals surface area contributed by atoms with Crippen LogP contribution in [0, 0.1) is 5.92 Å². The molecule has 0 saturated carbocycles. The average Bonchev–Trinajstić information content (AvgIpc) is 2.07. The van der Waals surface area contributed by atoms with E-state index in [0.717, 1.165) is 30.6 Å². The maximum absolute atomic E-state index is 10.2. The van der Waals surface area contributed by atoms with Crippen molar-refractivity contribution in [1.29, 1.82) is 0 Å². The van der Waals surface area contributed by atoms with Crippen molar-refractivity contribution >= 4 is 22.2 Å². The van der Waals surface area contributed by atoms with E-state index in [1.807, 2.05) is 0 Å². The molecule has 0 radical (unpaired) electrons. The molecule has 1 heterocycles. The molecule has 0 spiro atoms. The number of rotatable bonds is 3. The van der Waals surface area contributed by atoms with E-state index in [1.54, 1.807) is 0 Å². The van der Waals surface area contributed by atoms with Gasteiger partial charge >= 0.3 is 0 Å². The van der Waals surface area contributed by atoms with Crippen molar-refractivity contribution in [2.75, 3.05) is 25.0 Å². The lowest BCUT2D eigenvalue weighted by molar-refractivity contribution is -0.109. The number of nitrogens with zero attached hydrogens (tertiary/aromatic N) is 1. The Bertz CT molecular complexity index is 121. The van der Waals surface area contributed by atoms with E-state index >= 15 is 0 Å². The number of carbonyl (C=O) groups is 1. The molecular formula is C8H14BrNO. The van der Waals surface area contributed by atoms with Gasteiger partial charge in [-0.1, -0.05) is 15.9 Å². The Morgan fingerprint density at radius 3 is 2.55 bits per heavy atom. The molecule has 0 aromatic heterocycles. The van der Waals surface area contributed by atoms with Crippen molar-refractivity contribution in [2.45, 2.75) is 12.8 Å². The topological polar surface area (TPSA) is 20.3 Å². The Balaban J connectivity index is 2.18. The quantitative estimate of drug-likeness (QED) is 0.527. The molecule has 0 aromatic rings. The van der Waals surface area contributed by atoms with Gasteiger partial charge in [0.05, 0.1) is 6.54 Å². The zero-order chi connectivity index (χ0) is 8.10. The lowest BCUT2D eigenvalue weighted by atomic mass is 9.99. The van der Waals surface area contributed by atoms with E-state index in [1.165, 1.54) is 12.8 Å². The molecule has 0 bridgehead atoms. The Kier molecular flexibility index (Phi) is 4.08. The normalized spacial score (nSPS) is 21.9. The highest BCUT2D eigenvalue weighted by Gasteiger charge is 2.16. The molecule has 2 nitrogen and oxygen atoms in total. The number of halogens is 1. The van der Waals surface area contributed by atoms with Gasteiger partial charge in [-0.3, -0.25) is 4.90 Å². The van der Waals surface area contributed by atoms with E-state index in [9.17, 15) is 4.79 Å². The monoisotopic (exact) mass is 219 g/mol. The second kappa shape index (κ2) is 4.88. The fourth-order valence-electron chi connectivity index (χ4n) is 1.43. The third-order valence-electron chi connectivity index (χ3n) is 2.26. The molecule has 0 unspecified atom stereocenters. The molecule has 3 heteroatoms. The first-order chi connectivity index (χ1) is 5.36. The molecule has 0 aliphatic carbocycles. The van der Waals surface area contributed by atoms with Gasteiger partial charge in [-0.2, -0.15) is 0 Å². The first-order valence-corrected chi connectivity index (χ1v) is 5.21. The van der Waals surface area contributed by atoms with Crippen molar-refractivity contribution in [3.8, 4) is 0 Å². The first kappa shape index (κ1) is 9.20. The molecule has 1 fully saturated rings. The number of hydrogen-bond donors (Lipinski definition) is 0. The molecule has 1 saturated heterocycles. The summed E-state index contributed by atoms with van der Waals surface area (Å²) >= 11 is 3.48. The molecule has 0 amide bonds. The Morgan fingerprint density at radius 2 is 2.09 bits per heavy atom. The molecule has 64 valence electrons. The van der Waals surface area contributed by atoms with E-state index < -0.39 is 0 Å². The molecule has 1 aliphatic heterocycles. The summed E-state index contributed by atoms with van der Waals surface area (Å²) < 4.78 is 0. The third-order valence-corrected chi connectivity index (χ3v) is 3.17. The smallest absolute Gasteiger partial charge is 0.133 e. The van der Waals surface area contributed by atoms with Gasteiger partial charge in [-0.25, -0.2) is 0 Å². The predicted molar refractivity (Wildman–Crippen MR) is 49.0 cm³/mol. The molecule has 1 aliphatic rings. The summed E-state index contributed by atoms with van der Waals surface area (Å²) in [5, 5.41) is 1.11. The summed E-state index contributed by atoms with van der Waals surface area (Å²) in [4.78, 5) is 12.4. The average molecular weight is 220 g/mol. The largest absolute Gasteiger partial charge is 0.302 e. The summed E-state index contributed by atoms with van der Waals surface area (Å²) in [6.07, 6.45) is 3.46. The van der Waals surface area contributed by atoms with Crippen molar-refractivity contribution in [1.82, 2.24) is 4.90 Å². The number of alkyl halides is 1. The van der Waals surface area contributed by atoms with Crippen LogP contribution in [0.5, 0.6) is 0 Å². The van der Waals surface area contributed by atoms with Crippen LogP contribution in [0.15, 0.2) is 0 Å². The van der Waals surface area contributed by atoms with Crippen LogP contribution in [-0.4, -0.2) is 36.2 Å². The van der Waals surface area contributed by atoms with Crippen LogP contribution in [-0.2, 0) is 4.79 Å². The lowest BCUT2D eigenvalue weighted by Crippen LogP contribution is -2.35. The molecule has 0 N–H and O–H groups in total. The van der Waals surface area contributed by atoms with E-state index in [2.05, 4.69) is 20.8 Å². The van der Waals surface area contributed by atoms with Gasteiger partial charge in [0.15, 0.2) is 0 Å². The second-order valence-electron chi connectivity index (χ2n) is 3.06. The van der Waals surface area contributed by atoms with Gasteiger partial charge in [0.1, 0.15) is 6.29 Å². The fourth-order valence-corrected chi connectivity index (χ4v) is 2.08. The zero-order valence-corrected chi connectivity index (χ0v) is 8.22. The Hall–Kier alpha value is 0.110. The van der Waals surface area contributed by atoms with Gasteiger partial charge in [-0.05, 0) is 31.8 Å². The number of hydrogen-bond acceptors (Lipinski definition) is 2. The summed E-state index contributed by atoms with van der Waals surface area (Å²) in [6, 6.07) is 0. The Morgan fingerprint density at radius 1 is 1.45 bits per heavy atom. The maximum Gasteiger partial charge on any atom is 0.133 e. The van der Waals surface area contributed by atoms with Crippen LogP contribution in [0.3, 0.4) is 0 Å². The summed E-state index contributed by atoms with van der Waals surface area (Å²) in [5.74, 6) is 0.831. The molecular weight excluding hydrogens is 206 g/mol. The molecule has 11 heavy (non-hydrogen) atoms. The summed E-state index contributed by atoms with van der Waals surface area (Å²) in [6.45, 7) is 2.80. The van der Waals surface area contributed by atoms with Gasteiger partial charge in [-0.15, -0.1) is 0 Å². The summed E-state index contributed by atoms with van der Waals surface area (Å²) in [7, 11) is 0. The number of carbonyl (C=O) groups excluding carboxylic acids is 1. The second-order valence-corrected chi connectivity index (χ2v) is 3.71. The van der Waals surface area contributed by atoms with Gasteiger partial charge in [0.2, 0.25) is 0 Å². The van der Waals surface area contributed by atoms with Crippen LogP contribution < -0.4 is 0 Å². The standard InChI is InChI=1S/C8H14BrNO/c9-7-8-1-3-10(4-2-8)5-6-11/h6,8H,1-5,7H2. The highest BCUT2D eigenvalue weighted by molar-refractivity contribution is 9.09. The van der Waals surface area contributed by atoms with E-state index in [-0.39, 0.29) is 0 Å². The van der Waals surface area contributed by atoms with Crippen molar-refractivity contribution < 1.29 is 4.79 Å². The zero-order valence-electron chi connectivity index (χ0n) is 6.63. The predicted octanol–water partition coefficient (Wildman–Crippen LogP) is 1.29. The van der Waals surface area contributed by atoms with Gasteiger partial charge in [0, 0.05) is 5.33 Å². The summed E-state index contributed by atoms with van der Waals surface area (Å²) in [5.41, 5.74) is 0. The Labute approximate surface area is 76.1 Å².